The summed E-state index contributed by atoms with van der Waals surface area (Å²) in [5, 5.41) is 0. The van der Waals surface area contributed by atoms with Gasteiger partial charge in [0.05, 0.1) is 13.2 Å². The first kappa shape index (κ1) is 21.7. The molecule has 2 aromatic carbocycles. The largest absolute Gasteiger partial charge is 0.490 e. The molecule has 4 nitrogen and oxygen atoms in total. The van der Waals surface area contributed by atoms with Gasteiger partial charge in [-0.25, -0.2) is 0 Å². The lowest BCUT2D eigenvalue weighted by atomic mass is 9.77. The first-order chi connectivity index (χ1) is 15.0. The molecule has 164 valence electrons. The molecular weight excluding hydrogens is 388 g/mol. The highest BCUT2D eigenvalue weighted by atomic mass is 16.6. The van der Waals surface area contributed by atoms with Crippen molar-refractivity contribution in [1.82, 2.24) is 0 Å². The zero-order valence-corrected chi connectivity index (χ0v) is 18.6. The Hall–Kier alpha value is -2.56. The van der Waals surface area contributed by atoms with Crippen molar-refractivity contribution in [3.63, 3.8) is 0 Å². The standard InChI is InChI=1S/C27H32O4/c1-5-7-19-13-21(9-11-25(19)30-17-23-15-28-23)27(3,4)22-10-12-26(20(14-22)8-6-2)31-18-24-16-29-24/h5-6,9-14,23-24H,1-2,7-8,15-18H2,3-4H3/t23-,24?/m1/s1. The first-order valence-electron chi connectivity index (χ1n) is 11.0. The van der Waals surface area contributed by atoms with Crippen molar-refractivity contribution >= 4 is 0 Å². The zero-order chi connectivity index (χ0) is 21.8. The van der Waals surface area contributed by atoms with E-state index in [1.165, 1.54) is 11.1 Å². The van der Waals surface area contributed by atoms with Crippen molar-refractivity contribution in [1.29, 1.82) is 0 Å². The van der Waals surface area contributed by atoms with Gasteiger partial charge in [0.2, 0.25) is 0 Å². The predicted octanol–water partition coefficient (Wildman–Crippen LogP) is 5.02. The number of benzene rings is 2. The fraction of sp³-hybridized carbons (Fsp3) is 0.407. The van der Waals surface area contributed by atoms with E-state index in [0.717, 1.165) is 48.7 Å². The summed E-state index contributed by atoms with van der Waals surface area (Å²) in [7, 11) is 0. The Labute approximate surface area is 185 Å². The van der Waals surface area contributed by atoms with Crippen LogP contribution in [-0.2, 0) is 27.7 Å². The molecule has 0 N–H and O–H groups in total. The summed E-state index contributed by atoms with van der Waals surface area (Å²) < 4.78 is 22.5. The second-order valence-corrected chi connectivity index (χ2v) is 8.79. The predicted molar refractivity (Wildman–Crippen MR) is 123 cm³/mol. The molecule has 2 aromatic rings. The normalized spacial score (nSPS) is 19.5. The Bertz CT molecular complexity index is 863. The Morgan fingerprint density at radius 1 is 0.839 bits per heavy atom. The lowest BCUT2D eigenvalue weighted by Gasteiger charge is -2.28. The van der Waals surface area contributed by atoms with Gasteiger partial charge in [0.15, 0.2) is 0 Å². The molecule has 2 aliphatic heterocycles. The summed E-state index contributed by atoms with van der Waals surface area (Å²) in [6, 6.07) is 13.0. The summed E-state index contributed by atoms with van der Waals surface area (Å²) in [6.07, 6.45) is 5.85. The molecule has 4 rings (SSSR count). The van der Waals surface area contributed by atoms with Crippen LogP contribution in [0.5, 0.6) is 11.5 Å². The second-order valence-electron chi connectivity index (χ2n) is 8.79. The summed E-state index contributed by atoms with van der Waals surface area (Å²) >= 11 is 0. The van der Waals surface area contributed by atoms with Gasteiger partial charge in [-0.1, -0.05) is 50.3 Å². The van der Waals surface area contributed by atoms with Gasteiger partial charge in [-0.2, -0.15) is 0 Å². The molecule has 2 heterocycles. The smallest absolute Gasteiger partial charge is 0.122 e. The van der Waals surface area contributed by atoms with Gasteiger partial charge >= 0.3 is 0 Å². The molecule has 2 atom stereocenters. The van der Waals surface area contributed by atoms with Gasteiger partial charge in [0.1, 0.15) is 36.9 Å². The van der Waals surface area contributed by atoms with Crippen LogP contribution >= 0.6 is 0 Å². The third kappa shape index (κ3) is 5.38. The average molecular weight is 421 g/mol. The molecule has 0 radical (unpaired) electrons. The Morgan fingerprint density at radius 3 is 1.61 bits per heavy atom. The van der Waals surface area contributed by atoms with Crippen LogP contribution < -0.4 is 9.47 Å². The number of allylic oxidation sites excluding steroid dienone is 2. The molecule has 4 heteroatoms. The molecule has 2 saturated heterocycles. The van der Waals surface area contributed by atoms with Crippen molar-refractivity contribution < 1.29 is 18.9 Å². The quantitative estimate of drug-likeness (QED) is 0.357. The molecule has 2 aliphatic rings. The number of rotatable bonds is 12. The summed E-state index contributed by atoms with van der Waals surface area (Å²) in [4.78, 5) is 0. The average Bonchev–Trinajstić information content (AvgIpc) is 3.67. The van der Waals surface area contributed by atoms with Crippen molar-refractivity contribution in [2.45, 2.75) is 44.3 Å². The highest BCUT2D eigenvalue weighted by Gasteiger charge is 2.27. The van der Waals surface area contributed by atoms with Gasteiger partial charge in [-0.15, -0.1) is 13.2 Å². The van der Waals surface area contributed by atoms with E-state index in [4.69, 9.17) is 18.9 Å². The van der Waals surface area contributed by atoms with Crippen LogP contribution in [0, 0.1) is 0 Å². The van der Waals surface area contributed by atoms with E-state index in [-0.39, 0.29) is 17.6 Å². The molecule has 0 bridgehead atoms. The third-order valence-electron chi connectivity index (χ3n) is 5.95. The molecule has 0 saturated carbocycles. The molecular formula is C27H32O4. The number of ether oxygens (including phenoxy) is 4. The SMILES string of the molecule is C=CCc1cc(C(C)(C)c2ccc(OC[C@H]3CO3)c(CC=C)c2)ccc1OCC1CO1. The van der Waals surface area contributed by atoms with Gasteiger partial charge in [-0.3, -0.25) is 0 Å². The van der Waals surface area contributed by atoms with Crippen molar-refractivity contribution in [3.05, 3.63) is 84.0 Å². The van der Waals surface area contributed by atoms with Gasteiger partial charge < -0.3 is 18.9 Å². The summed E-state index contributed by atoms with van der Waals surface area (Å²) in [5.74, 6) is 1.82. The van der Waals surface area contributed by atoms with E-state index in [2.05, 4.69) is 63.4 Å². The first-order valence-corrected chi connectivity index (χ1v) is 11.0. The maximum atomic E-state index is 5.99. The fourth-order valence-corrected chi connectivity index (χ4v) is 3.71. The maximum Gasteiger partial charge on any atom is 0.122 e. The van der Waals surface area contributed by atoms with Crippen LogP contribution in [0.1, 0.15) is 36.1 Å². The fourth-order valence-electron chi connectivity index (χ4n) is 3.71. The monoisotopic (exact) mass is 420 g/mol. The van der Waals surface area contributed by atoms with Crippen LogP contribution in [0.3, 0.4) is 0 Å². The minimum atomic E-state index is -0.178. The topological polar surface area (TPSA) is 43.5 Å². The molecule has 1 unspecified atom stereocenters. The third-order valence-corrected chi connectivity index (χ3v) is 5.95. The van der Waals surface area contributed by atoms with Gasteiger partial charge in [-0.05, 0) is 47.2 Å². The van der Waals surface area contributed by atoms with E-state index in [0.29, 0.717) is 13.2 Å². The van der Waals surface area contributed by atoms with E-state index >= 15 is 0 Å². The highest BCUT2D eigenvalue weighted by molar-refractivity contribution is 5.48. The minimum Gasteiger partial charge on any atom is -0.490 e. The van der Waals surface area contributed by atoms with Crippen molar-refractivity contribution in [2.24, 2.45) is 0 Å². The van der Waals surface area contributed by atoms with Crippen LogP contribution in [0.4, 0.5) is 0 Å². The highest BCUT2D eigenvalue weighted by Crippen LogP contribution is 2.37. The van der Waals surface area contributed by atoms with E-state index in [9.17, 15) is 0 Å². The molecule has 2 fully saturated rings. The molecule has 0 amide bonds. The van der Waals surface area contributed by atoms with Crippen LogP contribution in [-0.4, -0.2) is 38.6 Å². The van der Waals surface area contributed by atoms with Crippen molar-refractivity contribution in [3.8, 4) is 11.5 Å². The van der Waals surface area contributed by atoms with Crippen LogP contribution in [0.15, 0.2) is 61.7 Å². The molecule has 0 aromatic heterocycles. The minimum absolute atomic E-state index is 0.178. The number of hydrogen-bond donors (Lipinski definition) is 0. The van der Waals surface area contributed by atoms with Crippen LogP contribution in [0.2, 0.25) is 0 Å². The molecule has 0 spiro atoms. The molecule has 0 aliphatic carbocycles. The van der Waals surface area contributed by atoms with E-state index in [1.807, 2.05) is 12.2 Å². The lowest BCUT2D eigenvalue weighted by Crippen LogP contribution is -2.20. The molecule has 31 heavy (non-hydrogen) atoms. The number of hydrogen-bond acceptors (Lipinski definition) is 4. The van der Waals surface area contributed by atoms with Gasteiger partial charge in [0, 0.05) is 5.41 Å². The van der Waals surface area contributed by atoms with Crippen molar-refractivity contribution in [2.75, 3.05) is 26.4 Å². The Kier molecular flexibility index (Phi) is 6.49. The maximum absolute atomic E-state index is 5.99. The Morgan fingerprint density at radius 2 is 1.26 bits per heavy atom. The Balaban J connectivity index is 1.59. The zero-order valence-electron chi connectivity index (χ0n) is 18.6. The van der Waals surface area contributed by atoms with Gasteiger partial charge in [0.25, 0.3) is 0 Å². The second kappa shape index (κ2) is 9.29. The van der Waals surface area contributed by atoms with Crippen LogP contribution in [0.25, 0.3) is 0 Å². The summed E-state index contributed by atoms with van der Waals surface area (Å²) in [5.41, 5.74) is 4.60. The number of epoxide rings is 2. The van der Waals surface area contributed by atoms with E-state index in [1.54, 1.807) is 0 Å². The lowest BCUT2D eigenvalue weighted by molar-refractivity contribution is 0.261. The van der Waals surface area contributed by atoms with E-state index < -0.39 is 0 Å². The summed E-state index contributed by atoms with van der Waals surface area (Å²) in [6.45, 7) is 15.1.